The lowest BCUT2D eigenvalue weighted by Crippen LogP contribution is -2.17. The summed E-state index contributed by atoms with van der Waals surface area (Å²) in [5.74, 6) is 0.515. The number of allylic oxidation sites excluding steroid dienone is 4. The molecule has 7 aromatic rings. The van der Waals surface area contributed by atoms with E-state index in [4.69, 9.17) is 13.8 Å². The van der Waals surface area contributed by atoms with Crippen molar-refractivity contribution < 1.29 is 8.83 Å². The SMILES string of the molecule is CC1C=CC2=C(C1)c1cc(N(c3ccc4c(c3)oc3ccccc34)c3nc4ccc5ccccc5c4o3)ccc1C2(C)C. The van der Waals surface area contributed by atoms with Gasteiger partial charge in [-0.2, -0.15) is 4.98 Å². The summed E-state index contributed by atoms with van der Waals surface area (Å²) in [4.78, 5) is 7.19. The minimum atomic E-state index is -0.0334. The first-order chi connectivity index (χ1) is 21.0. The summed E-state index contributed by atoms with van der Waals surface area (Å²) >= 11 is 0. The van der Waals surface area contributed by atoms with E-state index in [1.54, 1.807) is 0 Å². The van der Waals surface area contributed by atoms with Crippen LogP contribution in [0.5, 0.6) is 0 Å². The van der Waals surface area contributed by atoms with Crippen molar-refractivity contribution in [3.63, 3.8) is 0 Å². The molecule has 2 aliphatic rings. The monoisotopic (exact) mass is 558 g/mol. The Hall–Kier alpha value is -5.09. The highest BCUT2D eigenvalue weighted by molar-refractivity contribution is 6.06. The van der Waals surface area contributed by atoms with Gasteiger partial charge in [-0.3, -0.25) is 4.90 Å². The van der Waals surface area contributed by atoms with Gasteiger partial charge in [0.15, 0.2) is 5.58 Å². The van der Waals surface area contributed by atoms with E-state index >= 15 is 0 Å². The molecule has 0 spiro atoms. The number of fused-ring (bicyclic) bond motifs is 8. The van der Waals surface area contributed by atoms with E-state index in [9.17, 15) is 0 Å². The highest BCUT2D eigenvalue weighted by atomic mass is 16.4. The number of furan rings is 1. The highest BCUT2D eigenvalue weighted by Gasteiger charge is 2.38. The smallest absolute Gasteiger partial charge is 0.307 e. The van der Waals surface area contributed by atoms with Crippen molar-refractivity contribution >= 4 is 66.8 Å². The van der Waals surface area contributed by atoms with Crippen LogP contribution in [0.3, 0.4) is 0 Å². The number of benzene rings is 5. The van der Waals surface area contributed by atoms with Gasteiger partial charge >= 0.3 is 6.01 Å². The van der Waals surface area contributed by atoms with Crippen LogP contribution >= 0.6 is 0 Å². The molecule has 43 heavy (non-hydrogen) atoms. The maximum absolute atomic E-state index is 6.67. The van der Waals surface area contributed by atoms with Crippen LogP contribution in [0.2, 0.25) is 0 Å². The lowest BCUT2D eigenvalue weighted by atomic mass is 9.79. The quantitative estimate of drug-likeness (QED) is 0.216. The van der Waals surface area contributed by atoms with Gasteiger partial charge in [0.2, 0.25) is 0 Å². The molecule has 2 aliphatic carbocycles. The first-order valence-electron chi connectivity index (χ1n) is 15.0. The van der Waals surface area contributed by atoms with Gasteiger partial charge in [0.1, 0.15) is 16.7 Å². The first-order valence-corrected chi connectivity index (χ1v) is 15.0. The fourth-order valence-electron chi connectivity index (χ4n) is 7.28. The number of para-hydroxylation sites is 1. The third-order valence-corrected chi connectivity index (χ3v) is 9.46. The molecule has 0 fully saturated rings. The van der Waals surface area contributed by atoms with Crippen LogP contribution in [0, 0.1) is 5.92 Å². The average Bonchev–Trinajstić information content (AvgIpc) is 3.68. The number of nitrogens with zero attached hydrogens (tertiary/aromatic N) is 2. The van der Waals surface area contributed by atoms with E-state index in [1.807, 2.05) is 24.3 Å². The van der Waals surface area contributed by atoms with Gasteiger partial charge in [-0.1, -0.05) is 87.5 Å². The fraction of sp³-hybridized carbons (Fsp3) is 0.154. The van der Waals surface area contributed by atoms with Crippen molar-refractivity contribution in [3.8, 4) is 0 Å². The van der Waals surface area contributed by atoms with Crippen LogP contribution in [-0.4, -0.2) is 4.98 Å². The highest BCUT2D eigenvalue weighted by Crippen LogP contribution is 2.52. The van der Waals surface area contributed by atoms with E-state index in [-0.39, 0.29) is 5.41 Å². The van der Waals surface area contributed by atoms with Crippen LogP contribution < -0.4 is 4.90 Å². The number of oxazole rings is 1. The summed E-state index contributed by atoms with van der Waals surface area (Å²) in [7, 11) is 0. The molecule has 0 saturated carbocycles. The van der Waals surface area contributed by atoms with Gasteiger partial charge in [-0.05, 0) is 76.4 Å². The number of hydrogen-bond donors (Lipinski definition) is 0. The number of anilines is 3. The Morgan fingerprint density at radius 1 is 0.767 bits per heavy atom. The second-order valence-electron chi connectivity index (χ2n) is 12.5. The zero-order chi connectivity index (χ0) is 28.9. The number of rotatable bonds is 3. The molecule has 1 unspecified atom stereocenters. The Labute approximate surface area is 249 Å². The lowest BCUT2D eigenvalue weighted by Gasteiger charge is -2.25. The van der Waals surface area contributed by atoms with E-state index in [2.05, 4.69) is 111 Å². The van der Waals surface area contributed by atoms with Crippen LogP contribution in [0.1, 0.15) is 38.3 Å². The van der Waals surface area contributed by atoms with Gasteiger partial charge in [-0.15, -0.1) is 0 Å². The molecular weight excluding hydrogens is 528 g/mol. The molecule has 4 heteroatoms. The Morgan fingerprint density at radius 3 is 2.44 bits per heavy atom. The van der Waals surface area contributed by atoms with E-state index < -0.39 is 0 Å². The molecule has 0 N–H and O–H groups in total. The molecular formula is C39H30N2O2. The predicted molar refractivity (Wildman–Crippen MR) is 176 cm³/mol. The Balaban J connectivity index is 1.28. The summed E-state index contributed by atoms with van der Waals surface area (Å²) in [5.41, 5.74) is 10.8. The molecule has 208 valence electrons. The molecule has 2 aromatic heterocycles. The lowest BCUT2D eigenvalue weighted by molar-refractivity contribution is 0.611. The molecule has 0 radical (unpaired) electrons. The molecule has 9 rings (SSSR count). The minimum Gasteiger partial charge on any atom is -0.456 e. The Morgan fingerprint density at radius 2 is 1.53 bits per heavy atom. The third-order valence-electron chi connectivity index (χ3n) is 9.46. The van der Waals surface area contributed by atoms with Crippen LogP contribution in [0.15, 0.2) is 124 Å². The zero-order valence-corrected chi connectivity index (χ0v) is 24.4. The summed E-state index contributed by atoms with van der Waals surface area (Å²) in [6.45, 7) is 6.98. The molecule has 2 heterocycles. The maximum atomic E-state index is 6.67. The van der Waals surface area contributed by atoms with Crippen molar-refractivity contribution in [2.75, 3.05) is 4.90 Å². The number of aromatic nitrogens is 1. The Kier molecular flexibility index (Phi) is 4.97. The maximum Gasteiger partial charge on any atom is 0.307 e. The van der Waals surface area contributed by atoms with Crippen molar-refractivity contribution in [1.82, 2.24) is 4.98 Å². The van der Waals surface area contributed by atoms with Gasteiger partial charge < -0.3 is 8.83 Å². The average molecular weight is 559 g/mol. The molecule has 0 saturated heterocycles. The first kappa shape index (κ1) is 24.5. The summed E-state index contributed by atoms with van der Waals surface area (Å²) in [6, 6.07) is 34.4. The zero-order valence-electron chi connectivity index (χ0n) is 24.4. The van der Waals surface area contributed by atoms with Crippen LogP contribution in [0.25, 0.3) is 49.4 Å². The van der Waals surface area contributed by atoms with Crippen molar-refractivity contribution in [3.05, 3.63) is 126 Å². The minimum absolute atomic E-state index is 0.0334. The fourth-order valence-corrected chi connectivity index (χ4v) is 7.28. The molecule has 0 bridgehead atoms. The summed E-state index contributed by atoms with van der Waals surface area (Å²) in [5, 5.41) is 4.39. The number of hydrogen-bond acceptors (Lipinski definition) is 4. The molecule has 1 atom stereocenters. The molecule has 0 amide bonds. The second kappa shape index (κ2) is 8.71. The summed E-state index contributed by atoms with van der Waals surface area (Å²) < 4.78 is 13.0. The largest absolute Gasteiger partial charge is 0.456 e. The van der Waals surface area contributed by atoms with E-state index in [0.717, 1.165) is 61.6 Å². The summed E-state index contributed by atoms with van der Waals surface area (Å²) in [6.07, 6.45) is 5.75. The molecule has 5 aromatic carbocycles. The third kappa shape index (κ3) is 3.53. The second-order valence-corrected chi connectivity index (χ2v) is 12.5. The molecule has 0 aliphatic heterocycles. The van der Waals surface area contributed by atoms with Crippen molar-refractivity contribution in [2.24, 2.45) is 5.92 Å². The molecule has 4 nitrogen and oxygen atoms in total. The van der Waals surface area contributed by atoms with Gasteiger partial charge in [0.05, 0.1) is 11.4 Å². The normalized spacial score (nSPS) is 17.3. The van der Waals surface area contributed by atoms with Crippen molar-refractivity contribution in [2.45, 2.75) is 32.6 Å². The van der Waals surface area contributed by atoms with E-state index in [0.29, 0.717) is 11.9 Å². The van der Waals surface area contributed by atoms with Gasteiger partial charge in [0.25, 0.3) is 0 Å². The predicted octanol–water partition coefficient (Wildman–Crippen LogP) is 11.0. The van der Waals surface area contributed by atoms with Crippen LogP contribution in [-0.2, 0) is 5.41 Å². The Bertz CT molecular complexity index is 2330. The van der Waals surface area contributed by atoms with Crippen LogP contribution in [0.4, 0.5) is 17.4 Å². The van der Waals surface area contributed by atoms with Crippen molar-refractivity contribution in [1.29, 1.82) is 0 Å². The van der Waals surface area contributed by atoms with Gasteiger partial charge in [-0.25, -0.2) is 0 Å². The van der Waals surface area contributed by atoms with Gasteiger partial charge in [0, 0.05) is 27.6 Å². The van der Waals surface area contributed by atoms with E-state index in [1.165, 1.54) is 22.3 Å². The topological polar surface area (TPSA) is 42.4 Å². The standard InChI is InChI=1S/C39H30N2O2/c1-23-12-17-32-30(20-23)31-21-25(15-18-33(31)39(32,2)3)41(26-14-16-29-28-10-6-7-11-35(28)42-36(29)22-26)38-40-34-19-13-24-8-4-5-9-27(24)37(34)43-38/h4-19,21-23H,20H2,1-3H3.